The molecule has 1 atom stereocenters. The Balaban J connectivity index is 1.22. The number of β-amino-alcohol motifs (C(OH)–C–C–N with tert-alkyl or cyclic N) is 1. The molecule has 1 aliphatic heterocycles. The summed E-state index contributed by atoms with van der Waals surface area (Å²) in [5.41, 5.74) is 6.90. The second kappa shape index (κ2) is 8.77. The molecule has 1 aliphatic rings. The molecule has 0 radical (unpaired) electrons. The fraction of sp³-hybridized carbons (Fsp3) is 0.296. The monoisotopic (exact) mass is 427 g/mol. The van der Waals surface area contributed by atoms with Gasteiger partial charge >= 0.3 is 0 Å². The molecule has 4 aromatic rings. The van der Waals surface area contributed by atoms with E-state index in [1.165, 1.54) is 22.1 Å². The molecule has 0 saturated heterocycles. The molecule has 32 heavy (non-hydrogen) atoms. The van der Waals surface area contributed by atoms with Crippen molar-refractivity contribution in [3.63, 3.8) is 0 Å². The van der Waals surface area contributed by atoms with Crippen molar-refractivity contribution in [1.82, 2.24) is 14.5 Å². The van der Waals surface area contributed by atoms with E-state index in [0.29, 0.717) is 6.54 Å². The van der Waals surface area contributed by atoms with Gasteiger partial charge in [0.05, 0.1) is 5.69 Å². The zero-order valence-corrected chi connectivity index (χ0v) is 18.7. The van der Waals surface area contributed by atoms with E-state index in [2.05, 4.69) is 59.0 Å². The van der Waals surface area contributed by atoms with Gasteiger partial charge in [0.2, 0.25) is 0 Å². The summed E-state index contributed by atoms with van der Waals surface area (Å²) in [6, 6.07) is 20.7. The smallest absolute Gasteiger partial charge is 0.140 e. The van der Waals surface area contributed by atoms with Crippen molar-refractivity contribution in [2.45, 2.75) is 26.0 Å². The first kappa shape index (κ1) is 20.7. The number of benzene rings is 2. The highest BCUT2D eigenvalue weighted by Gasteiger charge is 2.18. The van der Waals surface area contributed by atoms with Crippen molar-refractivity contribution in [2.24, 2.45) is 7.05 Å². The lowest BCUT2D eigenvalue weighted by Crippen LogP contribution is -2.38. The molecule has 1 unspecified atom stereocenters. The van der Waals surface area contributed by atoms with E-state index in [-0.39, 0.29) is 6.61 Å². The summed E-state index contributed by atoms with van der Waals surface area (Å²) in [4.78, 5) is 7.15. The third-order valence-corrected chi connectivity index (χ3v) is 6.27. The van der Waals surface area contributed by atoms with E-state index >= 15 is 0 Å². The Morgan fingerprint density at radius 3 is 2.78 bits per heavy atom. The summed E-state index contributed by atoms with van der Waals surface area (Å²) in [6.45, 7) is 4.84. The van der Waals surface area contributed by atoms with Crippen LogP contribution in [0.2, 0.25) is 0 Å². The number of rotatable bonds is 6. The summed E-state index contributed by atoms with van der Waals surface area (Å²) in [6.07, 6.45) is 2.59. The minimum Gasteiger partial charge on any atom is -0.491 e. The van der Waals surface area contributed by atoms with Gasteiger partial charge in [-0.05, 0) is 54.3 Å². The molecule has 164 valence electrons. The minimum absolute atomic E-state index is 0.269. The van der Waals surface area contributed by atoms with Crippen molar-refractivity contribution in [2.75, 3.05) is 19.7 Å². The van der Waals surface area contributed by atoms with Crippen LogP contribution in [0.15, 0.2) is 66.9 Å². The molecule has 5 rings (SSSR count). The second-order valence-corrected chi connectivity index (χ2v) is 8.74. The van der Waals surface area contributed by atoms with Gasteiger partial charge in [-0.1, -0.05) is 36.4 Å². The summed E-state index contributed by atoms with van der Waals surface area (Å²) >= 11 is 0. The first-order valence-corrected chi connectivity index (χ1v) is 11.2. The number of ether oxygens (including phenoxy) is 1. The number of aryl methyl sites for hydroxylation is 2. The highest BCUT2D eigenvalue weighted by molar-refractivity contribution is 5.83. The third kappa shape index (κ3) is 4.27. The van der Waals surface area contributed by atoms with E-state index in [4.69, 9.17) is 9.72 Å². The Kier molecular flexibility index (Phi) is 5.68. The fourth-order valence-corrected chi connectivity index (χ4v) is 4.61. The molecule has 0 bridgehead atoms. The van der Waals surface area contributed by atoms with E-state index in [9.17, 15) is 5.11 Å². The molecule has 2 aromatic carbocycles. The van der Waals surface area contributed by atoms with E-state index < -0.39 is 6.10 Å². The van der Waals surface area contributed by atoms with Gasteiger partial charge in [-0.15, -0.1) is 0 Å². The van der Waals surface area contributed by atoms with Crippen LogP contribution in [0.5, 0.6) is 5.75 Å². The van der Waals surface area contributed by atoms with E-state index in [1.807, 2.05) is 31.3 Å². The predicted molar refractivity (Wildman–Crippen MR) is 128 cm³/mol. The SMILES string of the molecule is Cc1cn(C)c2nc(-c3cccc(OCC(O)CN4CCc5ccccc5C4)c3)ccc12. The molecule has 1 N–H and O–H groups in total. The van der Waals surface area contributed by atoms with Crippen molar-refractivity contribution in [3.05, 3.63) is 83.6 Å². The molecule has 0 amide bonds. The van der Waals surface area contributed by atoms with Gasteiger partial charge in [0.25, 0.3) is 0 Å². The first-order valence-electron chi connectivity index (χ1n) is 11.2. The zero-order valence-electron chi connectivity index (χ0n) is 18.7. The van der Waals surface area contributed by atoms with Crippen LogP contribution < -0.4 is 4.74 Å². The van der Waals surface area contributed by atoms with Crippen molar-refractivity contribution in [1.29, 1.82) is 0 Å². The Labute approximate surface area is 188 Å². The Bertz CT molecular complexity index is 1250. The highest BCUT2D eigenvalue weighted by atomic mass is 16.5. The van der Waals surface area contributed by atoms with Gasteiger partial charge in [-0.2, -0.15) is 0 Å². The number of aliphatic hydroxyl groups is 1. The second-order valence-electron chi connectivity index (χ2n) is 8.74. The van der Waals surface area contributed by atoms with Crippen LogP contribution in [0.3, 0.4) is 0 Å². The summed E-state index contributed by atoms with van der Waals surface area (Å²) in [5, 5.41) is 11.7. The first-order chi connectivity index (χ1) is 15.6. The normalized spacial score (nSPS) is 15.0. The summed E-state index contributed by atoms with van der Waals surface area (Å²) < 4.78 is 8.01. The Morgan fingerprint density at radius 2 is 1.91 bits per heavy atom. The van der Waals surface area contributed by atoms with Crippen molar-refractivity contribution >= 4 is 11.0 Å². The lowest BCUT2D eigenvalue weighted by Gasteiger charge is -2.30. The predicted octanol–water partition coefficient (Wildman–Crippen LogP) is 4.35. The number of fused-ring (bicyclic) bond motifs is 2. The summed E-state index contributed by atoms with van der Waals surface area (Å²) in [5.74, 6) is 0.746. The van der Waals surface area contributed by atoms with Gasteiger partial charge in [-0.3, -0.25) is 4.90 Å². The molecular formula is C27H29N3O2. The maximum absolute atomic E-state index is 10.6. The standard InChI is InChI=1S/C27H29N3O2/c1-19-15-29(2)27-25(19)10-11-26(28-27)21-8-5-9-24(14-21)32-18-23(31)17-30-13-12-20-6-3-4-7-22(20)16-30/h3-11,14-15,23,31H,12-13,16-18H2,1-2H3. The molecule has 0 fully saturated rings. The van der Waals surface area contributed by atoms with Crippen LogP contribution in [-0.2, 0) is 20.0 Å². The number of hydrogen-bond donors (Lipinski definition) is 1. The van der Waals surface area contributed by atoms with E-state index in [1.54, 1.807) is 0 Å². The van der Waals surface area contributed by atoms with Gasteiger partial charge in [0.1, 0.15) is 24.1 Å². The molecule has 0 spiro atoms. The highest BCUT2D eigenvalue weighted by Crippen LogP contribution is 2.26. The topological polar surface area (TPSA) is 50.5 Å². The molecule has 5 nitrogen and oxygen atoms in total. The Morgan fingerprint density at radius 1 is 1.06 bits per heavy atom. The van der Waals surface area contributed by atoms with Crippen molar-refractivity contribution < 1.29 is 9.84 Å². The lowest BCUT2D eigenvalue weighted by molar-refractivity contribution is 0.0638. The van der Waals surface area contributed by atoms with Crippen LogP contribution in [-0.4, -0.2) is 45.4 Å². The van der Waals surface area contributed by atoms with Crippen LogP contribution in [0, 0.1) is 6.92 Å². The number of nitrogens with zero attached hydrogens (tertiary/aromatic N) is 3. The molecule has 5 heteroatoms. The number of aromatic nitrogens is 2. The zero-order chi connectivity index (χ0) is 22.1. The third-order valence-electron chi connectivity index (χ3n) is 6.27. The number of pyridine rings is 1. The van der Waals surface area contributed by atoms with Gasteiger partial charge in [0, 0.05) is 43.8 Å². The molecule has 0 saturated carbocycles. The molecule has 3 heterocycles. The van der Waals surface area contributed by atoms with Crippen LogP contribution in [0.4, 0.5) is 0 Å². The molecule has 0 aliphatic carbocycles. The van der Waals surface area contributed by atoms with Crippen LogP contribution >= 0.6 is 0 Å². The van der Waals surface area contributed by atoms with Gasteiger partial charge < -0.3 is 14.4 Å². The largest absolute Gasteiger partial charge is 0.491 e. The average Bonchev–Trinajstić information content (AvgIpc) is 3.10. The van der Waals surface area contributed by atoms with Gasteiger partial charge in [-0.25, -0.2) is 4.98 Å². The summed E-state index contributed by atoms with van der Waals surface area (Å²) in [7, 11) is 2.02. The molecule has 2 aromatic heterocycles. The van der Waals surface area contributed by atoms with Crippen molar-refractivity contribution in [3.8, 4) is 17.0 Å². The lowest BCUT2D eigenvalue weighted by atomic mass is 10.00. The van der Waals surface area contributed by atoms with Crippen LogP contribution in [0.1, 0.15) is 16.7 Å². The minimum atomic E-state index is -0.537. The average molecular weight is 428 g/mol. The van der Waals surface area contributed by atoms with E-state index in [0.717, 1.165) is 42.2 Å². The molecular weight excluding hydrogens is 398 g/mol. The maximum atomic E-state index is 10.6. The van der Waals surface area contributed by atoms with Gasteiger partial charge in [0.15, 0.2) is 0 Å². The van der Waals surface area contributed by atoms with Crippen LogP contribution in [0.25, 0.3) is 22.3 Å². The maximum Gasteiger partial charge on any atom is 0.140 e. The fourth-order valence-electron chi connectivity index (χ4n) is 4.61. The quantitative estimate of drug-likeness (QED) is 0.497. The Hall–Kier alpha value is -3.15. The number of hydrogen-bond acceptors (Lipinski definition) is 4. The number of aliphatic hydroxyl groups excluding tert-OH is 1.